The van der Waals surface area contributed by atoms with Gasteiger partial charge in [0.2, 0.25) is 0 Å². The van der Waals surface area contributed by atoms with Crippen molar-refractivity contribution in [3.05, 3.63) is 24.3 Å². The summed E-state index contributed by atoms with van der Waals surface area (Å²) in [6.45, 7) is 10.8. The average Bonchev–Trinajstić information content (AvgIpc) is 3.13. The molecule has 0 bridgehead atoms. The number of rotatable bonds is 11. The van der Waals surface area contributed by atoms with Crippen LogP contribution in [0.2, 0.25) is 0 Å². The first-order chi connectivity index (χ1) is 27.8. The number of cyclic esters (lactones) is 1. The van der Waals surface area contributed by atoms with Gasteiger partial charge in [0, 0.05) is 32.4 Å². The van der Waals surface area contributed by atoms with E-state index in [1.165, 1.54) is 14.0 Å². The fourth-order valence-electron chi connectivity index (χ4n) is 9.10. The van der Waals surface area contributed by atoms with E-state index in [1.54, 1.807) is 39.8 Å². The molecule has 16 nitrogen and oxygen atoms in total. The minimum Gasteiger partial charge on any atom is -0.462 e. The molecular weight excluding hydrogens is 768 g/mol. The predicted molar refractivity (Wildman–Crippen MR) is 217 cm³/mol. The van der Waals surface area contributed by atoms with Crippen molar-refractivity contribution in [2.24, 2.45) is 11.8 Å². The summed E-state index contributed by atoms with van der Waals surface area (Å²) in [5, 5.41) is 45.1. The molecule has 59 heavy (non-hydrogen) atoms. The van der Waals surface area contributed by atoms with Gasteiger partial charge in [-0.15, -0.1) is 0 Å². The maximum atomic E-state index is 13.1. The van der Waals surface area contributed by atoms with E-state index in [-0.39, 0.29) is 30.9 Å². The first kappa shape index (κ1) is 49.8. The molecule has 0 aliphatic carbocycles. The molecule has 4 heterocycles. The molecule has 340 valence electrons. The van der Waals surface area contributed by atoms with Gasteiger partial charge in [0.25, 0.3) is 0 Å². The Morgan fingerprint density at radius 2 is 1.56 bits per heavy atom. The number of hydrogen-bond donors (Lipinski definition) is 4. The average molecular weight is 843 g/mol. The third kappa shape index (κ3) is 13.3. The van der Waals surface area contributed by atoms with Crippen LogP contribution in [0.3, 0.4) is 0 Å². The number of carbonyl (C=O) groups excluding carboxylic acids is 2. The molecule has 4 aliphatic rings. The molecule has 0 saturated carbocycles. The van der Waals surface area contributed by atoms with Gasteiger partial charge in [0.1, 0.15) is 36.8 Å². The lowest BCUT2D eigenvalue weighted by molar-refractivity contribution is -0.344. The van der Waals surface area contributed by atoms with E-state index in [2.05, 4.69) is 4.90 Å². The van der Waals surface area contributed by atoms with E-state index < -0.39 is 110 Å². The van der Waals surface area contributed by atoms with Crippen molar-refractivity contribution in [3.63, 3.8) is 0 Å². The molecule has 0 amide bonds. The van der Waals surface area contributed by atoms with Crippen LogP contribution in [-0.4, -0.2) is 181 Å². The molecular formula is C43H74N2O14. The molecule has 0 radical (unpaired) electrons. The van der Waals surface area contributed by atoms with Gasteiger partial charge in [-0.25, -0.2) is 0 Å². The highest BCUT2D eigenvalue weighted by atomic mass is 16.7. The van der Waals surface area contributed by atoms with Crippen molar-refractivity contribution >= 4 is 12.3 Å². The molecule has 19 atom stereocenters. The van der Waals surface area contributed by atoms with Gasteiger partial charge in [0.15, 0.2) is 18.9 Å². The number of esters is 1. The number of ether oxygens (including phenoxy) is 8. The van der Waals surface area contributed by atoms with Crippen LogP contribution in [0.1, 0.15) is 86.5 Å². The summed E-state index contributed by atoms with van der Waals surface area (Å²) in [6, 6.07) is -0.466. The van der Waals surface area contributed by atoms with Gasteiger partial charge in [-0.3, -0.25) is 4.79 Å². The van der Waals surface area contributed by atoms with Crippen LogP contribution in [0.5, 0.6) is 0 Å². The van der Waals surface area contributed by atoms with Crippen molar-refractivity contribution < 1.29 is 67.9 Å². The highest BCUT2D eigenvalue weighted by Gasteiger charge is 2.52. The molecule has 3 saturated heterocycles. The zero-order chi connectivity index (χ0) is 43.8. The van der Waals surface area contributed by atoms with E-state index in [1.807, 2.05) is 52.2 Å². The number of carbonyl (C=O) groups is 2. The van der Waals surface area contributed by atoms with Gasteiger partial charge in [0.05, 0.1) is 54.7 Å². The summed E-state index contributed by atoms with van der Waals surface area (Å²) in [5.41, 5.74) is -1.47. The lowest BCUT2D eigenvalue weighted by Gasteiger charge is -2.50. The van der Waals surface area contributed by atoms with Crippen molar-refractivity contribution in [2.75, 3.05) is 35.3 Å². The van der Waals surface area contributed by atoms with Crippen LogP contribution in [0, 0.1) is 11.8 Å². The van der Waals surface area contributed by atoms with E-state index in [0.717, 1.165) is 12.7 Å². The Bertz CT molecular complexity index is 1370. The Kier molecular flexibility index (Phi) is 18.9. The second-order valence-electron chi connectivity index (χ2n) is 17.8. The fourth-order valence-corrected chi connectivity index (χ4v) is 9.10. The molecule has 0 spiro atoms. The lowest BCUT2D eigenvalue weighted by Crippen LogP contribution is -2.65. The molecule has 0 aromatic heterocycles. The van der Waals surface area contributed by atoms with Gasteiger partial charge in [-0.1, -0.05) is 31.2 Å². The number of nitrogens with zero attached hydrogens (tertiary/aromatic N) is 2. The van der Waals surface area contributed by atoms with E-state index >= 15 is 0 Å². The third-order valence-corrected chi connectivity index (χ3v) is 12.4. The summed E-state index contributed by atoms with van der Waals surface area (Å²) in [4.78, 5) is 29.5. The van der Waals surface area contributed by atoms with Crippen molar-refractivity contribution in [3.8, 4) is 0 Å². The van der Waals surface area contributed by atoms with Crippen LogP contribution in [0.25, 0.3) is 0 Å². The molecule has 1 unspecified atom stereocenters. The second kappa shape index (κ2) is 22.5. The Morgan fingerprint density at radius 3 is 2.17 bits per heavy atom. The number of aliphatic hydroxyl groups is 4. The standard InChI is InChI=1S/C43H74N2O14/c1-24-21-29(19-20-46)39(59-42-37(49)36(45(9)10)38(27(4)56-42)58-35-23-43(6,51)41(50)28(5)55-35)40(52-11)31(47)22-33(48)53-25(2)15-13-12-14-16-32(24)57-34-18-17-30(44(7)8)26(3)54-34/h12-14,16,20,24-32,34-42,47,49-51H,15,17-19,21-23H2,1-11H3/b13-12-,16-14-/t24-,25-,26-,27-,28+,29+,30+,31-,32+,34?,35+,36-,37-,38-,39+,40+,41+,42+,43-/m1/s1. The Hall–Kier alpha value is -1.90. The molecule has 0 aromatic carbocycles. The SMILES string of the molecule is CO[C@@H]1[C@@H](O[C@@H]2O[C@H](C)[C@@H](O[C@H]3C[C@@](C)(O)[C@@H](O)[C@H](C)O3)[C@H](N(C)C)[C@H]2O)[C@@H](CC=O)C[C@@H](C)[C@@H](OC2CC[C@H](N(C)C)[C@@H](C)O2)/C=C\C=C/C[C@@H](C)OC(=O)C[C@H]1O. The second-order valence-corrected chi connectivity index (χ2v) is 17.8. The Morgan fingerprint density at radius 1 is 0.864 bits per heavy atom. The summed E-state index contributed by atoms with van der Waals surface area (Å²) in [5.74, 6) is -1.47. The zero-order valence-electron chi connectivity index (χ0n) is 37.0. The minimum atomic E-state index is -1.47. The predicted octanol–water partition coefficient (Wildman–Crippen LogP) is 2.33. The van der Waals surface area contributed by atoms with Gasteiger partial charge < -0.3 is 72.9 Å². The van der Waals surface area contributed by atoms with Crippen LogP contribution in [0.4, 0.5) is 0 Å². The molecule has 3 fully saturated rings. The smallest absolute Gasteiger partial charge is 0.308 e. The van der Waals surface area contributed by atoms with Crippen LogP contribution in [0.15, 0.2) is 24.3 Å². The van der Waals surface area contributed by atoms with Crippen LogP contribution >= 0.6 is 0 Å². The van der Waals surface area contributed by atoms with Crippen molar-refractivity contribution in [1.82, 2.24) is 9.80 Å². The summed E-state index contributed by atoms with van der Waals surface area (Å²) >= 11 is 0. The highest BCUT2D eigenvalue weighted by molar-refractivity contribution is 5.70. The number of allylic oxidation sites excluding steroid dienone is 2. The van der Waals surface area contributed by atoms with Crippen molar-refractivity contribution in [1.29, 1.82) is 0 Å². The molecule has 16 heteroatoms. The maximum absolute atomic E-state index is 13.1. The summed E-state index contributed by atoms with van der Waals surface area (Å²) in [7, 11) is 9.03. The van der Waals surface area contributed by atoms with Gasteiger partial charge in [-0.05, 0) is 93.9 Å². The first-order valence-corrected chi connectivity index (χ1v) is 21.3. The van der Waals surface area contributed by atoms with E-state index in [4.69, 9.17) is 37.9 Å². The summed E-state index contributed by atoms with van der Waals surface area (Å²) < 4.78 is 50.0. The zero-order valence-corrected chi connectivity index (χ0v) is 37.0. The topological polar surface area (TPSA) is 195 Å². The minimum absolute atomic E-state index is 0.00885. The number of aldehydes is 1. The first-order valence-electron chi connectivity index (χ1n) is 21.3. The van der Waals surface area contributed by atoms with Crippen LogP contribution in [-0.2, 0) is 47.5 Å². The van der Waals surface area contributed by atoms with Gasteiger partial charge in [-0.2, -0.15) is 0 Å². The Labute approximate surface area is 351 Å². The number of aliphatic hydroxyl groups excluding tert-OH is 3. The third-order valence-electron chi connectivity index (χ3n) is 12.4. The number of hydrogen-bond acceptors (Lipinski definition) is 16. The molecule has 4 aliphatic heterocycles. The fraction of sp³-hybridized carbons (Fsp3) is 0.860. The van der Waals surface area contributed by atoms with Crippen LogP contribution < -0.4 is 0 Å². The largest absolute Gasteiger partial charge is 0.462 e. The monoisotopic (exact) mass is 843 g/mol. The summed E-state index contributed by atoms with van der Waals surface area (Å²) in [6.07, 6.45) is -1.56. The van der Waals surface area contributed by atoms with E-state index in [9.17, 15) is 30.0 Å². The van der Waals surface area contributed by atoms with E-state index in [0.29, 0.717) is 19.3 Å². The van der Waals surface area contributed by atoms with Crippen molar-refractivity contribution in [2.45, 2.75) is 190 Å². The normalized spacial score (nSPS) is 45.8. The molecule has 4 N–H and O–H groups in total. The quantitative estimate of drug-likeness (QED) is 0.175. The number of likely N-dealkylation sites (N-methyl/N-ethyl adjacent to an activating group) is 2. The molecule has 0 aromatic rings. The molecule has 4 rings (SSSR count). The maximum Gasteiger partial charge on any atom is 0.308 e. The Balaban J connectivity index is 1.66. The number of methoxy groups -OCH3 is 1. The highest BCUT2D eigenvalue weighted by Crippen LogP contribution is 2.37. The lowest BCUT2D eigenvalue weighted by atomic mass is 9.82. The van der Waals surface area contributed by atoms with Gasteiger partial charge >= 0.3 is 5.97 Å².